The molecule has 4 aromatic rings. The average molecular weight is 457 g/mol. The number of aromatic nitrogens is 2. The molecular weight excluding hydrogens is 436 g/mol. The SMILES string of the molecule is O=C(O)CCCc1cc2cc(Cl)ccc2n1S(=O)(=O)CC=Cc1ccc2[nH]ccc2c1. The minimum Gasteiger partial charge on any atom is -0.481 e. The van der Waals surface area contributed by atoms with Gasteiger partial charge in [0, 0.05) is 34.2 Å². The van der Waals surface area contributed by atoms with Crippen LogP contribution in [-0.4, -0.2) is 34.2 Å². The van der Waals surface area contributed by atoms with E-state index in [1.165, 1.54) is 3.97 Å². The van der Waals surface area contributed by atoms with Gasteiger partial charge in [-0.3, -0.25) is 4.79 Å². The average Bonchev–Trinajstić information content (AvgIpc) is 3.31. The van der Waals surface area contributed by atoms with E-state index in [4.69, 9.17) is 16.7 Å². The van der Waals surface area contributed by atoms with E-state index in [0.717, 1.165) is 16.5 Å². The lowest BCUT2D eigenvalue weighted by Crippen LogP contribution is -2.18. The van der Waals surface area contributed by atoms with Gasteiger partial charge >= 0.3 is 5.97 Å². The van der Waals surface area contributed by atoms with Gasteiger partial charge in [0.2, 0.25) is 10.0 Å². The van der Waals surface area contributed by atoms with Crippen molar-refractivity contribution in [2.75, 3.05) is 5.75 Å². The van der Waals surface area contributed by atoms with Crippen LogP contribution in [0.4, 0.5) is 0 Å². The summed E-state index contributed by atoms with van der Waals surface area (Å²) in [6, 6.07) is 14.6. The van der Waals surface area contributed by atoms with E-state index in [-0.39, 0.29) is 12.2 Å². The van der Waals surface area contributed by atoms with Crippen molar-refractivity contribution in [2.45, 2.75) is 19.3 Å². The summed E-state index contributed by atoms with van der Waals surface area (Å²) in [5.74, 6) is -1.09. The smallest absolute Gasteiger partial charge is 0.303 e. The zero-order chi connectivity index (χ0) is 22.0. The summed E-state index contributed by atoms with van der Waals surface area (Å²) in [6.45, 7) is 0. The molecule has 0 amide bonds. The molecule has 0 saturated carbocycles. The summed E-state index contributed by atoms with van der Waals surface area (Å²) in [4.78, 5) is 14.0. The fourth-order valence-electron chi connectivity index (χ4n) is 3.70. The predicted molar refractivity (Wildman–Crippen MR) is 124 cm³/mol. The van der Waals surface area contributed by atoms with Crippen LogP contribution in [-0.2, 0) is 21.2 Å². The highest BCUT2D eigenvalue weighted by molar-refractivity contribution is 7.90. The van der Waals surface area contributed by atoms with Crippen LogP contribution in [0, 0.1) is 0 Å². The van der Waals surface area contributed by atoms with Gasteiger partial charge in [0.1, 0.15) is 0 Å². The van der Waals surface area contributed by atoms with Gasteiger partial charge in [-0.25, -0.2) is 12.4 Å². The van der Waals surface area contributed by atoms with E-state index in [0.29, 0.717) is 34.5 Å². The van der Waals surface area contributed by atoms with Crippen molar-refractivity contribution in [3.05, 3.63) is 77.1 Å². The van der Waals surface area contributed by atoms with Crippen LogP contribution in [0.5, 0.6) is 0 Å². The van der Waals surface area contributed by atoms with Crippen LogP contribution >= 0.6 is 11.6 Å². The second kappa shape index (κ2) is 8.61. The van der Waals surface area contributed by atoms with Gasteiger partial charge in [0.05, 0.1) is 11.3 Å². The maximum absolute atomic E-state index is 13.2. The number of carbonyl (C=O) groups is 1. The number of halogens is 1. The Bertz CT molecular complexity index is 1400. The van der Waals surface area contributed by atoms with Crippen LogP contribution in [0.3, 0.4) is 0 Å². The molecule has 0 saturated heterocycles. The molecule has 160 valence electrons. The highest BCUT2D eigenvalue weighted by Crippen LogP contribution is 2.27. The molecule has 0 aliphatic rings. The molecule has 0 fully saturated rings. The van der Waals surface area contributed by atoms with Crippen LogP contribution in [0.25, 0.3) is 27.9 Å². The van der Waals surface area contributed by atoms with Gasteiger partial charge in [-0.05, 0) is 66.3 Å². The summed E-state index contributed by atoms with van der Waals surface area (Å²) in [7, 11) is -3.71. The number of hydrogen-bond acceptors (Lipinski definition) is 3. The summed E-state index contributed by atoms with van der Waals surface area (Å²) >= 11 is 6.08. The largest absolute Gasteiger partial charge is 0.481 e. The minimum absolute atomic E-state index is 0.0239. The molecule has 0 atom stereocenters. The summed E-state index contributed by atoms with van der Waals surface area (Å²) < 4.78 is 27.8. The van der Waals surface area contributed by atoms with Crippen molar-refractivity contribution in [1.82, 2.24) is 8.96 Å². The molecule has 2 N–H and O–H groups in total. The second-order valence-corrected chi connectivity index (χ2v) is 9.65. The Morgan fingerprint density at radius 1 is 1.10 bits per heavy atom. The number of carboxylic acids is 1. The molecule has 31 heavy (non-hydrogen) atoms. The number of aliphatic carboxylic acids is 1. The van der Waals surface area contributed by atoms with E-state index in [9.17, 15) is 13.2 Å². The number of aryl methyl sites for hydroxylation is 1. The fourth-order valence-corrected chi connectivity index (χ4v) is 5.33. The number of carboxylic acid groups (broad SMARTS) is 1. The van der Waals surface area contributed by atoms with Crippen LogP contribution in [0.15, 0.2) is 60.8 Å². The maximum atomic E-state index is 13.2. The van der Waals surface area contributed by atoms with E-state index in [1.54, 1.807) is 36.4 Å². The van der Waals surface area contributed by atoms with E-state index in [1.807, 2.05) is 30.5 Å². The fraction of sp³-hybridized carbons (Fsp3) is 0.174. The van der Waals surface area contributed by atoms with Gasteiger partial charge in [-0.2, -0.15) is 0 Å². The Kier molecular flexibility index (Phi) is 5.89. The Morgan fingerprint density at radius 2 is 1.94 bits per heavy atom. The molecular formula is C23H21ClN2O4S. The third-order valence-electron chi connectivity index (χ3n) is 5.09. The van der Waals surface area contributed by atoms with Crippen molar-refractivity contribution in [3.63, 3.8) is 0 Å². The van der Waals surface area contributed by atoms with Gasteiger partial charge in [-0.1, -0.05) is 29.8 Å². The number of rotatable bonds is 8. The number of fused-ring (bicyclic) bond motifs is 2. The molecule has 2 aromatic heterocycles. The van der Waals surface area contributed by atoms with Gasteiger partial charge in [0.15, 0.2) is 0 Å². The molecule has 0 aliphatic heterocycles. The van der Waals surface area contributed by atoms with Crippen molar-refractivity contribution in [2.24, 2.45) is 0 Å². The number of nitrogens with one attached hydrogen (secondary N) is 1. The van der Waals surface area contributed by atoms with Crippen LogP contribution < -0.4 is 0 Å². The van der Waals surface area contributed by atoms with E-state index in [2.05, 4.69) is 4.98 Å². The van der Waals surface area contributed by atoms with E-state index < -0.39 is 16.0 Å². The zero-order valence-electron chi connectivity index (χ0n) is 16.6. The molecule has 0 spiro atoms. The van der Waals surface area contributed by atoms with E-state index >= 15 is 0 Å². The number of H-pyrrole nitrogens is 1. The van der Waals surface area contributed by atoms with Gasteiger partial charge in [0.25, 0.3) is 0 Å². The Hall–Kier alpha value is -3.03. The molecule has 0 unspecified atom stereocenters. The first-order valence-electron chi connectivity index (χ1n) is 9.82. The van der Waals surface area contributed by atoms with Crippen LogP contribution in [0.1, 0.15) is 24.1 Å². The first kappa shape index (κ1) is 21.2. The monoisotopic (exact) mass is 456 g/mol. The first-order chi connectivity index (χ1) is 14.8. The molecule has 0 bridgehead atoms. The van der Waals surface area contributed by atoms with Crippen LogP contribution in [0.2, 0.25) is 5.02 Å². The second-order valence-electron chi connectivity index (χ2n) is 7.36. The highest BCUT2D eigenvalue weighted by atomic mass is 35.5. The normalized spacial score (nSPS) is 12.3. The third-order valence-corrected chi connectivity index (χ3v) is 6.92. The van der Waals surface area contributed by atoms with Crippen molar-refractivity contribution < 1.29 is 18.3 Å². The summed E-state index contributed by atoms with van der Waals surface area (Å²) in [6.07, 6.45) is 5.94. The number of benzene rings is 2. The standard InChI is InChI=1S/C23H21ClN2O4S/c24-19-7-9-22-18(14-19)15-20(4-1-5-23(27)28)26(22)31(29,30)12-2-3-16-6-8-21-17(13-16)10-11-25-21/h2-3,6-11,13-15,25H,1,4-5,12H2,(H,27,28). The molecule has 0 radical (unpaired) electrons. The third kappa shape index (κ3) is 4.68. The van der Waals surface area contributed by atoms with Crippen molar-refractivity contribution in [3.8, 4) is 0 Å². The lowest BCUT2D eigenvalue weighted by atomic mass is 10.1. The highest BCUT2D eigenvalue weighted by Gasteiger charge is 2.20. The summed E-state index contributed by atoms with van der Waals surface area (Å²) in [5.41, 5.74) is 3.03. The summed E-state index contributed by atoms with van der Waals surface area (Å²) in [5, 5.41) is 11.2. The minimum atomic E-state index is -3.71. The Balaban J connectivity index is 1.63. The maximum Gasteiger partial charge on any atom is 0.303 e. The first-order valence-corrected chi connectivity index (χ1v) is 11.8. The number of nitrogens with zero attached hydrogens (tertiary/aromatic N) is 1. The zero-order valence-corrected chi connectivity index (χ0v) is 18.2. The molecule has 6 nitrogen and oxygen atoms in total. The predicted octanol–water partition coefficient (Wildman–Crippen LogP) is 5.07. The molecule has 0 aliphatic carbocycles. The Morgan fingerprint density at radius 3 is 2.74 bits per heavy atom. The number of aromatic amines is 1. The van der Waals surface area contributed by atoms with Crippen molar-refractivity contribution >= 4 is 55.5 Å². The molecule has 8 heteroatoms. The lowest BCUT2D eigenvalue weighted by Gasteiger charge is -2.10. The van der Waals surface area contributed by atoms with Gasteiger partial charge in [-0.15, -0.1) is 0 Å². The Labute approximate surface area is 184 Å². The lowest BCUT2D eigenvalue weighted by molar-refractivity contribution is -0.137. The number of hydrogen-bond donors (Lipinski definition) is 2. The quantitative estimate of drug-likeness (QED) is 0.387. The molecule has 2 aromatic carbocycles. The molecule has 4 rings (SSSR count). The van der Waals surface area contributed by atoms with Crippen molar-refractivity contribution in [1.29, 1.82) is 0 Å². The topological polar surface area (TPSA) is 92.2 Å². The molecule has 2 heterocycles. The van der Waals surface area contributed by atoms with Gasteiger partial charge < -0.3 is 10.1 Å².